The van der Waals surface area contributed by atoms with Gasteiger partial charge in [-0.15, -0.1) is 0 Å². The predicted molar refractivity (Wildman–Crippen MR) is 72.8 cm³/mol. The number of hydrogen-bond acceptors (Lipinski definition) is 3. The number of amides is 1. The van der Waals surface area contributed by atoms with Crippen LogP contribution in [0, 0.1) is 0 Å². The quantitative estimate of drug-likeness (QED) is 0.915. The molecular weight excluding hydrogens is 262 g/mol. The van der Waals surface area contributed by atoms with Gasteiger partial charge in [-0.05, 0) is 23.1 Å². The maximum absolute atomic E-state index is 12.4. The topological polar surface area (TPSA) is 57.6 Å². The summed E-state index contributed by atoms with van der Waals surface area (Å²) in [5, 5.41) is 12.9. The van der Waals surface area contributed by atoms with E-state index >= 15 is 0 Å². The molecule has 3 rings (SSSR count). The molecule has 0 spiro atoms. The summed E-state index contributed by atoms with van der Waals surface area (Å²) in [6.45, 7) is 0.198. The van der Waals surface area contributed by atoms with Crippen LogP contribution in [0.25, 0.3) is 0 Å². The molecule has 0 saturated heterocycles. The number of fused-ring (bicyclic) bond motifs is 1. The van der Waals surface area contributed by atoms with E-state index in [9.17, 15) is 14.7 Å². The Morgan fingerprint density at radius 3 is 2.74 bits per heavy atom. The number of carbonyl (C=O) groups is 2. The van der Waals surface area contributed by atoms with Gasteiger partial charge in [0.1, 0.15) is 5.92 Å². The molecule has 0 unspecified atom stereocenters. The lowest BCUT2D eigenvalue weighted by Gasteiger charge is -2.16. The zero-order valence-corrected chi connectivity index (χ0v) is 10.8. The van der Waals surface area contributed by atoms with Crippen LogP contribution in [0.5, 0.6) is 0 Å². The highest BCUT2D eigenvalue weighted by Crippen LogP contribution is 2.37. The molecule has 2 aromatic rings. The van der Waals surface area contributed by atoms with E-state index in [0.717, 1.165) is 0 Å². The molecule has 19 heavy (non-hydrogen) atoms. The van der Waals surface area contributed by atoms with E-state index in [0.29, 0.717) is 16.8 Å². The van der Waals surface area contributed by atoms with Crippen LogP contribution in [-0.4, -0.2) is 23.5 Å². The molecule has 1 atom stereocenters. The summed E-state index contributed by atoms with van der Waals surface area (Å²) < 4.78 is 0. The van der Waals surface area contributed by atoms with Crippen molar-refractivity contribution < 1.29 is 14.7 Å². The maximum atomic E-state index is 12.4. The van der Waals surface area contributed by atoms with Gasteiger partial charge in [-0.2, -0.15) is 11.3 Å². The Kier molecular flexibility index (Phi) is 2.83. The first-order valence-corrected chi connectivity index (χ1v) is 6.78. The number of para-hydroxylation sites is 1. The molecule has 0 radical (unpaired) electrons. The number of thiophene rings is 1. The molecule has 96 valence electrons. The second-order valence-electron chi connectivity index (χ2n) is 4.38. The van der Waals surface area contributed by atoms with Gasteiger partial charge in [-0.25, -0.2) is 0 Å². The minimum Gasteiger partial charge on any atom is -0.481 e. The van der Waals surface area contributed by atoms with Gasteiger partial charge in [0.25, 0.3) is 5.91 Å². The first-order valence-electron chi connectivity index (χ1n) is 5.84. The summed E-state index contributed by atoms with van der Waals surface area (Å²) in [6.07, 6.45) is 0. The molecule has 1 aliphatic rings. The van der Waals surface area contributed by atoms with Gasteiger partial charge in [0.2, 0.25) is 0 Å². The van der Waals surface area contributed by atoms with Crippen molar-refractivity contribution in [1.29, 1.82) is 0 Å². The number of carbonyl (C=O) groups excluding carboxylic acids is 1. The van der Waals surface area contributed by atoms with E-state index < -0.39 is 11.9 Å². The third kappa shape index (κ3) is 1.92. The normalized spacial score (nSPS) is 17.3. The molecule has 2 heterocycles. The first-order chi connectivity index (χ1) is 9.18. The summed E-state index contributed by atoms with van der Waals surface area (Å²) in [7, 11) is 0. The highest BCUT2D eigenvalue weighted by molar-refractivity contribution is 7.08. The number of carboxylic acids is 1. The Bertz CT molecular complexity index is 636. The summed E-state index contributed by atoms with van der Waals surface area (Å²) in [5.74, 6) is -1.68. The Morgan fingerprint density at radius 2 is 2.05 bits per heavy atom. The minimum absolute atomic E-state index is 0.141. The number of hydrogen-bond donors (Lipinski definition) is 1. The summed E-state index contributed by atoms with van der Waals surface area (Å²) in [6, 6.07) is 8.94. The monoisotopic (exact) mass is 273 g/mol. The van der Waals surface area contributed by atoms with E-state index in [2.05, 4.69) is 0 Å². The molecule has 1 N–H and O–H groups in total. The van der Waals surface area contributed by atoms with Gasteiger partial charge in [-0.3, -0.25) is 9.59 Å². The highest BCUT2D eigenvalue weighted by atomic mass is 32.1. The maximum Gasteiger partial charge on any atom is 0.312 e. The van der Waals surface area contributed by atoms with E-state index in [4.69, 9.17) is 0 Å². The smallest absolute Gasteiger partial charge is 0.312 e. The van der Waals surface area contributed by atoms with E-state index in [1.165, 1.54) is 11.3 Å². The van der Waals surface area contributed by atoms with Gasteiger partial charge in [-0.1, -0.05) is 18.2 Å². The molecule has 1 aliphatic heterocycles. The fourth-order valence-corrected chi connectivity index (χ4v) is 2.98. The molecular formula is C14H11NO3S. The number of carboxylic acid groups (broad SMARTS) is 1. The Labute approximate surface area is 113 Å². The lowest BCUT2D eigenvalue weighted by atomic mass is 10.0. The fraction of sp³-hybridized carbons (Fsp3) is 0.143. The van der Waals surface area contributed by atoms with Crippen molar-refractivity contribution in [3.05, 3.63) is 52.2 Å². The second kappa shape index (κ2) is 4.51. The molecule has 1 amide bonds. The van der Waals surface area contributed by atoms with Crippen molar-refractivity contribution in [1.82, 2.24) is 0 Å². The van der Waals surface area contributed by atoms with Gasteiger partial charge < -0.3 is 10.0 Å². The Hall–Kier alpha value is -2.14. The van der Waals surface area contributed by atoms with Crippen LogP contribution < -0.4 is 4.90 Å². The van der Waals surface area contributed by atoms with Crippen molar-refractivity contribution >= 4 is 28.9 Å². The zero-order valence-electron chi connectivity index (χ0n) is 9.95. The van der Waals surface area contributed by atoms with Crippen molar-refractivity contribution in [2.45, 2.75) is 5.92 Å². The fourth-order valence-electron chi connectivity index (χ4n) is 2.35. The molecule has 1 aromatic carbocycles. The molecule has 1 aromatic heterocycles. The number of anilines is 1. The second-order valence-corrected chi connectivity index (χ2v) is 5.16. The van der Waals surface area contributed by atoms with Crippen LogP contribution in [0.4, 0.5) is 5.69 Å². The van der Waals surface area contributed by atoms with Crippen LogP contribution in [0.15, 0.2) is 41.1 Å². The Morgan fingerprint density at radius 1 is 1.26 bits per heavy atom. The number of aliphatic carboxylic acids is 1. The van der Waals surface area contributed by atoms with Gasteiger partial charge >= 0.3 is 5.97 Å². The van der Waals surface area contributed by atoms with Crippen LogP contribution in [-0.2, 0) is 4.79 Å². The minimum atomic E-state index is -0.895. The Balaban J connectivity index is 2.01. The summed E-state index contributed by atoms with van der Waals surface area (Å²) in [4.78, 5) is 25.2. The number of nitrogens with zero attached hydrogens (tertiary/aromatic N) is 1. The molecule has 5 heteroatoms. The van der Waals surface area contributed by atoms with Crippen molar-refractivity contribution in [3.8, 4) is 0 Å². The van der Waals surface area contributed by atoms with E-state index in [-0.39, 0.29) is 12.5 Å². The average molecular weight is 273 g/mol. The highest BCUT2D eigenvalue weighted by Gasteiger charge is 2.36. The molecule has 4 nitrogen and oxygen atoms in total. The van der Waals surface area contributed by atoms with Crippen molar-refractivity contribution in [2.75, 3.05) is 11.4 Å². The third-order valence-electron chi connectivity index (χ3n) is 3.28. The van der Waals surface area contributed by atoms with Crippen LogP contribution >= 0.6 is 11.3 Å². The van der Waals surface area contributed by atoms with Crippen LogP contribution in [0.2, 0.25) is 0 Å². The van der Waals surface area contributed by atoms with Crippen LogP contribution in [0.1, 0.15) is 21.8 Å². The average Bonchev–Trinajstić information content (AvgIpc) is 3.05. The van der Waals surface area contributed by atoms with Gasteiger partial charge in [0, 0.05) is 17.6 Å². The van der Waals surface area contributed by atoms with Crippen molar-refractivity contribution in [3.63, 3.8) is 0 Å². The summed E-state index contributed by atoms with van der Waals surface area (Å²) >= 11 is 1.45. The largest absolute Gasteiger partial charge is 0.481 e. The van der Waals surface area contributed by atoms with E-state index in [1.807, 2.05) is 11.4 Å². The molecule has 0 saturated carbocycles. The van der Waals surface area contributed by atoms with E-state index in [1.54, 1.807) is 34.5 Å². The standard InChI is InChI=1S/C14H11NO3S/c16-13(9-5-6-19-8-9)15-7-11(14(17)18)10-3-1-2-4-12(10)15/h1-6,8,11H,7H2,(H,17,18)/t11-/m0/s1. The van der Waals surface area contributed by atoms with Gasteiger partial charge in [0.05, 0.1) is 5.56 Å². The third-order valence-corrected chi connectivity index (χ3v) is 3.96. The first kappa shape index (κ1) is 11.9. The lowest BCUT2D eigenvalue weighted by molar-refractivity contribution is -0.138. The van der Waals surface area contributed by atoms with Gasteiger partial charge in [0.15, 0.2) is 0 Å². The van der Waals surface area contributed by atoms with Crippen molar-refractivity contribution in [2.24, 2.45) is 0 Å². The molecule has 0 aliphatic carbocycles. The zero-order chi connectivity index (χ0) is 13.4. The number of rotatable bonds is 2. The molecule has 0 bridgehead atoms. The molecule has 0 fully saturated rings. The predicted octanol–water partition coefficient (Wildman–Crippen LogP) is 2.58. The van der Waals surface area contributed by atoms with Crippen LogP contribution in [0.3, 0.4) is 0 Å². The lowest BCUT2D eigenvalue weighted by Crippen LogP contribution is -2.30. The summed E-state index contributed by atoms with van der Waals surface area (Å²) in [5.41, 5.74) is 2.01. The number of benzene rings is 1. The SMILES string of the molecule is O=C(O)[C@H]1CN(C(=O)c2ccsc2)c2ccccc21.